The van der Waals surface area contributed by atoms with Crippen molar-refractivity contribution in [1.29, 1.82) is 0 Å². The summed E-state index contributed by atoms with van der Waals surface area (Å²) in [5.41, 5.74) is -0.187. The summed E-state index contributed by atoms with van der Waals surface area (Å²) in [6, 6.07) is 4.22. The number of ether oxygens (including phenoxy) is 2. The molecule has 7 nitrogen and oxygen atoms in total. The summed E-state index contributed by atoms with van der Waals surface area (Å²) in [6.07, 6.45) is 0.341. The summed E-state index contributed by atoms with van der Waals surface area (Å²) >= 11 is 0. The number of hydrogen-bond donors (Lipinski definition) is 1. The van der Waals surface area contributed by atoms with Gasteiger partial charge in [-0.2, -0.15) is 0 Å². The summed E-state index contributed by atoms with van der Waals surface area (Å²) in [7, 11) is 1.34. The van der Waals surface area contributed by atoms with Crippen molar-refractivity contribution in [2.45, 2.75) is 12.8 Å². The maximum Gasteiger partial charge on any atom is 0.314 e. The number of rotatable bonds is 7. The van der Waals surface area contributed by atoms with E-state index in [1.807, 2.05) is 0 Å². The molecule has 0 saturated heterocycles. The van der Waals surface area contributed by atoms with E-state index in [-0.39, 0.29) is 24.5 Å². The van der Waals surface area contributed by atoms with Gasteiger partial charge in [0.1, 0.15) is 5.75 Å². The van der Waals surface area contributed by atoms with Crippen LogP contribution in [0.1, 0.15) is 12.8 Å². The molecule has 0 spiro atoms. The van der Waals surface area contributed by atoms with E-state index < -0.39 is 10.9 Å². The van der Waals surface area contributed by atoms with E-state index >= 15 is 0 Å². The lowest BCUT2D eigenvalue weighted by Crippen LogP contribution is -2.02. The smallest absolute Gasteiger partial charge is 0.314 e. The third kappa shape index (κ3) is 3.93. The second kappa shape index (κ2) is 6.43. The third-order valence-corrected chi connectivity index (χ3v) is 2.15. The fraction of sp³-hybridized carbons (Fsp3) is 0.364. The van der Waals surface area contributed by atoms with Gasteiger partial charge in [0, 0.05) is 6.42 Å². The van der Waals surface area contributed by atoms with Gasteiger partial charge in [-0.3, -0.25) is 14.9 Å². The lowest BCUT2D eigenvalue weighted by Gasteiger charge is -2.06. The Balaban J connectivity index is 2.64. The van der Waals surface area contributed by atoms with E-state index in [2.05, 4.69) is 0 Å². The lowest BCUT2D eigenvalue weighted by molar-refractivity contribution is -0.385. The number of nitro benzene ring substituents is 1. The minimum absolute atomic E-state index is 0.00174. The van der Waals surface area contributed by atoms with Crippen LogP contribution in [0.25, 0.3) is 0 Å². The Labute approximate surface area is 103 Å². The SMILES string of the molecule is COc1ccc(OCCCC(=O)O)cc1[N+](=O)[O-]. The maximum atomic E-state index is 10.7. The van der Waals surface area contributed by atoms with Crippen LogP contribution in [0.5, 0.6) is 11.5 Å². The highest BCUT2D eigenvalue weighted by atomic mass is 16.6. The van der Waals surface area contributed by atoms with Gasteiger partial charge in [-0.15, -0.1) is 0 Å². The van der Waals surface area contributed by atoms with Crippen molar-refractivity contribution < 1.29 is 24.3 Å². The summed E-state index contributed by atoms with van der Waals surface area (Å²) in [4.78, 5) is 20.5. The van der Waals surface area contributed by atoms with Gasteiger partial charge in [0.25, 0.3) is 0 Å². The van der Waals surface area contributed by atoms with Crippen molar-refractivity contribution in [1.82, 2.24) is 0 Å². The third-order valence-electron chi connectivity index (χ3n) is 2.15. The summed E-state index contributed by atoms with van der Waals surface area (Å²) in [5.74, 6) is -0.440. The fourth-order valence-electron chi connectivity index (χ4n) is 1.32. The predicted molar refractivity (Wildman–Crippen MR) is 62.0 cm³/mol. The first kappa shape index (κ1) is 13.8. The number of methoxy groups -OCH3 is 1. The molecule has 0 aliphatic rings. The highest BCUT2D eigenvalue weighted by Gasteiger charge is 2.15. The van der Waals surface area contributed by atoms with Crippen LogP contribution in [0.15, 0.2) is 18.2 Å². The highest BCUT2D eigenvalue weighted by molar-refractivity contribution is 5.66. The normalized spacial score (nSPS) is 9.83. The Bertz CT molecular complexity index is 445. The highest BCUT2D eigenvalue weighted by Crippen LogP contribution is 2.30. The molecular weight excluding hydrogens is 242 g/mol. The van der Waals surface area contributed by atoms with Gasteiger partial charge in [0.2, 0.25) is 0 Å². The second-order valence-electron chi connectivity index (χ2n) is 3.44. The Hall–Kier alpha value is -2.31. The molecule has 0 atom stereocenters. The molecule has 0 unspecified atom stereocenters. The molecule has 0 aliphatic carbocycles. The van der Waals surface area contributed by atoms with Crippen LogP contribution in [0, 0.1) is 10.1 Å². The average Bonchev–Trinajstić information content (AvgIpc) is 2.34. The number of nitrogens with zero attached hydrogens (tertiary/aromatic N) is 1. The number of carboxylic acid groups (broad SMARTS) is 1. The first-order valence-electron chi connectivity index (χ1n) is 5.21. The molecule has 1 aromatic rings. The molecule has 98 valence electrons. The molecule has 0 heterocycles. The Morgan fingerprint density at radius 1 is 1.50 bits per heavy atom. The molecular formula is C11H13NO6. The second-order valence-corrected chi connectivity index (χ2v) is 3.44. The zero-order valence-corrected chi connectivity index (χ0v) is 9.79. The molecule has 0 bridgehead atoms. The topological polar surface area (TPSA) is 98.9 Å². The summed E-state index contributed by atoms with van der Waals surface area (Å²) in [5, 5.41) is 19.2. The monoisotopic (exact) mass is 255 g/mol. The zero-order chi connectivity index (χ0) is 13.5. The van der Waals surface area contributed by atoms with Gasteiger partial charge in [0.05, 0.1) is 24.7 Å². The van der Waals surface area contributed by atoms with Crippen LogP contribution >= 0.6 is 0 Å². The Morgan fingerprint density at radius 2 is 2.22 bits per heavy atom. The number of hydrogen-bond acceptors (Lipinski definition) is 5. The van der Waals surface area contributed by atoms with Gasteiger partial charge in [-0.1, -0.05) is 0 Å². The van der Waals surface area contributed by atoms with Crippen molar-refractivity contribution in [3.05, 3.63) is 28.3 Å². The van der Waals surface area contributed by atoms with E-state index in [1.54, 1.807) is 0 Å². The number of benzene rings is 1. The molecule has 0 radical (unpaired) electrons. The number of aliphatic carboxylic acids is 1. The Kier molecular flexibility index (Phi) is 4.91. The largest absolute Gasteiger partial charge is 0.493 e. The molecule has 0 amide bonds. The molecule has 18 heavy (non-hydrogen) atoms. The summed E-state index contributed by atoms with van der Waals surface area (Å²) < 4.78 is 10.1. The van der Waals surface area contributed by atoms with E-state index in [0.29, 0.717) is 12.2 Å². The molecule has 0 fully saturated rings. The summed E-state index contributed by atoms with van der Waals surface area (Å²) in [6.45, 7) is 0.190. The lowest BCUT2D eigenvalue weighted by atomic mass is 10.2. The quantitative estimate of drug-likeness (QED) is 0.453. The number of carbonyl (C=O) groups is 1. The molecule has 1 rings (SSSR count). The number of nitro groups is 1. The van der Waals surface area contributed by atoms with Crippen molar-refractivity contribution in [2.75, 3.05) is 13.7 Å². The standard InChI is InChI=1S/C11H13NO6/c1-17-10-5-4-8(7-9(10)12(15)16)18-6-2-3-11(13)14/h4-5,7H,2-3,6H2,1H3,(H,13,14). The number of carboxylic acids is 1. The van der Waals surface area contributed by atoms with E-state index in [4.69, 9.17) is 14.6 Å². The van der Waals surface area contributed by atoms with Crippen LogP contribution in [0.2, 0.25) is 0 Å². The molecule has 0 saturated carbocycles. The van der Waals surface area contributed by atoms with Crippen LogP contribution in [0.3, 0.4) is 0 Å². The first-order valence-corrected chi connectivity index (χ1v) is 5.21. The van der Waals surface area contributed by atoms with Crippen LogP contribution in [-0.2, 0) is 4.79 Å². The van der Waals surface area contributed by atoms with Crippen molar-refractivity contribution in [2.24, 2.45) is 0 Å². The first-order chi connectivity index (χ1) is 8.54. The maximum absolute atomic E-state index is 10.7. The van der Waals surface area contributed by atoms with Crippen LogP contribution < -0.4 is 9.47 Å². The van der Waals surface area contributed by atoms with E-state index in [1.165, 1.54) is 25.3 Å². The Morgan fingerprint density at radius 3 is 2.78 bits per heavy atom. The zero-order valence-electron chi connectivity index (χ0n) is 9.79. The minimum Gasteiger partial charge on any atom is -0.493 e. The van der Waals surface area contributed by atoms with Gasteiger partial charge in [-0.25, -0.2) is 0 Å². The van der Waals surface area contributed by atoms with Crippen LogP contribution in [0.4, 0.5) is 5.69 Å². The molecule has 0 aromatic heterocycles. The van der Waals surface area contributed by atoms with Gasteiger partial charge >= 0.3 is 11.7 Å². The van der Waals surface area contributed by atoms with E-state index in [0.717, 1.165) is 0 Å². The fourth-order valence-corrected chi connectivity index (χ4v) is 1.32. The van der Waals surface area contributed by atoms with Crippen LogP contribution in [-0.4, -0.2) is 29.7 Å². The average molecular weight is 255 g/mol. The minimum atomic E-state index is -0.903. The molecule has 0 aliphatic heterocycles. The molecule has 7 heteroatoms. The van der Waals surface area contributed by atoms with Gasteiger partial charge in [-0.05, 0) is 18.6 Å². The molecule has 1 aromatic carbocycles. The van der Waals surface area contributed by atoms with Gasteiger partial charge < -0.3 is 14.6 Å². The van der Waals surface area contributed by atoms with Crippen molar-refractivity contribution in [3.8, 4) is 11.5 Å². The molecule has 1 N–H and O–H groups in total. The predicted octanol–water partition coefficient (Wildman–Crippen LogP) is 1.85. The van der Waals surface area contributed by atoms with Gasteiger partial charge in [0.15, 0.2) is 5.75 Å². The van der Waals surface area contributed by atoms with Crippen molar-refractivity contribution >= 4 is 11.7 Å². The van der Waals surface area contributed by atoms with E-state index in [9.17, 15) is 14.9 Å². The van der Waals surface area contributed by atoms with Crippen molar-refractivity contribution in [3.63, 3.8) is 0 Å².